The second-order valence-electron chi connectivity index (χ2n) is 4.33. The van der Waals surface area contributed by atoms with Crippen LogP contribution in [0.15, 0.2) is 24.4 Å². The predicted octanol–water partition coefficient (Wildman–Crippen LogP) is 1.36. The van der Waals surface area contributed by atoms with E-state index in [0.29, 0.717) is 17.0 Å². The molecule has 0 aliphatic heterocycles. The summed E-state index contributed by atoms with van der Waals surface area (Å²) in [4.78, 5) is 10.2. The van der Waals surface area contributed by atoms with Crippen molar-refractivity contribution in [2.75, 3.05) is 0 Å². The van der Waals surface area contributed by atoms with Crippen LogP contribution in [0, 0.1) is 10.1 Å². The highest BCUT2D eigenvalue weighted by Crippen LogP contribution is 2.29. The molecule has 1 aromatic heterocycles. The van der Waals surface area contributed by atoms with Crippen LogP contribution in [0.5, 0.6) is 5.75 Å². The highest BCUT2D eigenvalue weighted by molar-refractivity contribution is 5.44. The van der Waals surface area contributed by atoms with Crippen molar-refractivity contribution in [3.8, 4) is 5.75 Å². The number of nitrogens with zero attached hydrogens (tertiary/aromatic N) is 4. The Balaban J connectivity index is 2.20. The molecule has 0 fully saturated rings. The summed E-state index contributed by atoms with van der Waals surface area (Å²) in [5, 5.41) is 28.0. The van der Waals surface area contributed by atoms with E-state index < -0.39 is 11.0 Å². The Bertz CT molecular complexity index is 624. The number of nitro groups is 1. The van der Waals surface area contributed by atoms with Crippen LogP contribution in [0.4, 0.5) is 5.69 Å². The summed E-state index contributed by atoms with van der Waals surface area (Å²) in [5.41, 5.74) is 0.901. The first-order valence-electron chi connectivity index (χ1n) is 5.92. The number of hydrogen-bond acceptors (Lipinski definition) is 6. The van der Waals surface area contributed by atoms with E-state index in [1.165, 1.54) is 25.1 Å². The van der Waals surface area contributed by atoms with E-state index in [-0.39, 0.29) is 12.3 Å². The molecule has 0 aliphatic rings. The Morgan fingerprint density at radius 1 is 1.55 bits per heavy atom. The summed E-state index contributed by atoms with van der Waals surface area (Å²) in [6.45, 7) is 1.69. The molecule has 0 amide bonds. The van der Waals surface area contributed by atoms with Gasteiger partial charge in [0, 0.05) is 24.7 Å². The van der Waals surface area contributed by atoms with Crippen molar-refractivity contribution >= 4 is 5.69 Å². The van der Waals surface area contributed by atoms with Gasteiger partial charge in [-0.25, -0.2) is 0 Å². The molecule has 0 radical (unpaired) electrons. The number of rotatable bonds is 5. The van der Waals surface area contributed by atoms with Gasteiger partial charge in [-0.2, -0.15) is 0 Å². The number of aliphatic hydroxyl groups excluding tert-OH is 1. The molecule has 1 atom stereocenters. The van der Waals surface area contributed by atoms with Crippen LogP contribution in [0.2, 0.25) is 0 Å². The molecule has 0 aliphatic carbocycles. The number of benzene rings is 1. The van der Waals surface area contributed by atoms with Crippen LogP contribution in [-0.4, -0.2) is 25.0 Å². The number of aromatic nitrogens is 3. The van der Waals surface area contributed by atoms with E-state index in [2.05, 4.69) is 10.3 Å². The minimum Gasteiger partial charge on any atom is -0.487 e. The third kappa shape index (κ3) is 3.09. The Kier molecular flexibility index (Phi) is 3.94. The van der Waals surface area contributed by atoms with E-state index in [4.69, 9.17) is 4.74 Å². The molecule has 0 saturated heterocycles. The zero-order valence-corrected chi connectivity index (χ0v) is 11.1. The molecule has 2 rings (SSSR count). The Morgan fingerprint density at radius 2 is 2.30 bits per heavy atom. The van der Waals surface area contributed by atoms with Gasteiger partial charge in [-0.15, -0.1) is 5.10 Å². The Hall–Kier alpha value is -2.48. The molecule has 0 spiro atoms. The molecule has 20 heavy (non-hydrogen) atoms. The predicted molar refractivity (Wildman–Crippen MR) is 69.1 cm³/mol. The summed E-state index contributed by atoms with van der Waals surface area (Å²) in [7, 11) is 1.74. The minimum absolute atomic E-state index is 0.0900. The SMILES string of the molecule is C[C@H](O)c1cc([N+](=O)[O-])ccc1OCc1cn(C)nn1. The van der Waals surface area contributed by atoms with Gasteiger partial charge in [0.15, 0.2) is 0 Å². The first kappa shape index (κ1) is 13.9. The maximum absolute atomic E-state index is 10.7. The molecule has 0 bridgehead atoms. The average molecular weight is 278 g/mol. The third-order valence-electron chi connectivity index (χ3n) is 2.68. The molecule has 0 unspecified atom stereocenters. The van der Waals surface area contributed by atoms with Gasteiger partial charge in [0.1, 0.15) is 18.1 Å². The normalized spacial score (nSPS) is 12.2. The van der Waals surface area contributed by atoms with Gasteiger partial charge in [0.25, 0.3) is 5.69 Å². The van der Waals surface area contributed by atoms with E-state index in [1.807, 2.05) is 0 Å². The summed E-state index contributed by atoms with van der Waals surface area (Å²) < 4.78 is 7.08. The minimum atomic E-state index is -0.869. The molecule has 1 aromatic carbocycles. The quantitative estimate of drug-likeness (QED) is 0.654. The number of aryl methyl sites for hydroxylation is 1. The fourth-order valence-corrected chi connectivity index (χ4v) is 1.72. The first-order chi connectivity index (χ1) is 9.47. The van der Waals surface area contributed by atoms with Crippen LogP contribution in [0.1, 0.15) is 24.3 Å². The second-order valence-corrected chi connectivity index (χ2v) is 4.33. The van der Waals surface area contributed by atoms with Crippen molar-refractivity contribution in [3.05, 3.63) is 45.8 Å². The number of hydrogen-bond donors (Lipinski definition) is 1. The second kappa shape index (κ2) is 5.66. The monoisotopic (exact) mass is 278 g/mol. The van der Waals surface area contributed by atoms with Crippen LogP contribution < -0.4 is 4.74 Å². The van der Waals surface area contributed by atoms with Crippen molar-refractivity contribution in [1.29, 1.82) is 0 Å². The van der Waals surface area contributed by atoms with Crippen molar-refractivity contribution in [2.24, 2.45) is 7.05 Å². The molecular formula is C12H14N4O4. The average Bonchev–Trinajstić information content (AvgIpc) is 2.81. The number of nitro benzene ring substituents is 1. The number of non-ortho nitro benzene ring substituents is 1. The molecule has 0 saturated carbocycles. The molecule has 106 valence electrons. The molecular weight excluding hydrogens is 264 g/mol. The van der Waals surface area contributed by atoms with E-state index in [9.17, 15) is 15.2 Å². The lowest BCUT2D eigenvalue weighted by Gasteiger charge is -2.12. The van der Waals surface area contributed by atoms with Gasteiger partial charge in [0.2, 0.25) is 0 Å². The standard InChI is InChI=1S/C12H14N4O4/c1-8(17)11-5-10(16(18)19)3-4-12(11)20-7-9-6-15(2)14-13-9/h3-6,8,17H,7H2,1-2H3/t8-/m0/s1. The Labute approximate surface area is 114 Å². The fraction of sp³-hybridized carbons (Fsp3) is 0.333. The van der Waals surface area contributed by atoms with Gasteiger partial charge in [-0.3, -0.25) is 14.8 Å². The van der Waals surface area contributed by atoms with Crippen molar-refractivity contribution in [1.82, 2.24) is 15.0 Å². The summed E-state index contributed by atoms with van der Waals surface area (Å²) >= 11 is 0. The van der Waals surface area contributed by atoms with Gasteiger partial charge in [-0.1, -0.05) is 5.21 Å². The lowest BCUT2D eigenvalue weighted by atomic mass is 10.1. The zero-order chi connectivity index (χ0) is 14.7. The number of ether oxygens (including phenoxy) is 1. The molecule has 8 heteroatoms. The molecule has 1 N–H and O–H groups in total. The van der Waals surface area contributed by atoms with Crippen molar-refractivity contribution in [3.63, 3.8) is 0 Å². The maximum atomic E-state index is 10.7. The van der Waals surface area contributed by atoms with Crippen LogP contribution >= 0.6 is 0 Å². The summed E-state index contributed by atoms with van der Waals surface area (Å²) in [6, 6.07) is 4.10. The maximum Gasteiger partial charge on any atom is 0.270 e. The van der Waals surface area contributed by atoms with Crippen LogP contribution in [0.3, 0.4) is 0 Å². The largest absolute Gasteiger partial charge is 0.487 e. The molecule has 8 nitrogen and oxygen atoms in total. The Morgan fingerprint density at radius 3 is 2.85 bits per heavy atom. The van der Waals surface area contributed by atoms with E-state index in [1.54, 1.807) is 17.9 Å². The third-order valence-corrected chi connectivity index (χ3v) is 2.68. The highest BCUT2D eigenvalue weighted by atomic mass is 16.6. The van der Waals surface area contributed by atoms with Gasteiger partial charge < -0.3 is 9.84 Å². The first-order valence-corrected chi connectivity index (χ1v) is 5.92. The van der Waals surface area contributed by atoms with E-state index in [0.717, 1.165) is 0 Å². The van der Waals surface area contributed by atoms with Gasteiger partial charge in [-0.05, 0) is 13.0 Å². The van der Waals surface area contributed by atoms with Crippen LogP contribution in [0.25, 0.3) is 0 Å². The van der Waals surface area contributed by atoms with E-state index >= 15 is 0 Å². The molecule has 1 heterocycles. The lowest BCUT2D eigenvalue weighted by Crippen LogP contribution is -2.02. The van der Waals surface area contributed by atoms with Crippen molar-refractivity contribution in [2.45, 2.75) is 19.6 Å². The highest BCUT2D eigenvalue weighted by Gasteiger charge is 2.15. The van der Waals surface area contributed by atoms with Gasteiger partial charge in [0.05, 0.1) is 17.2 Å². The number of aliphatic hydroxyl groups is 1. The van der Waals surface area contributed by atoms with Crippen molar-refractivity contribution < 1.29 is 14.8 Å². The lowest BCUT2D eigenvalue weighted by molar-refractivity contribution is -0.385. The zero-order valence-electron chi connectivity index (χ0n) is 11.1. The smallest absolute Gasteiger partial charge is 0.270 e. The summed E-state index contributed by atoms with van der Waals surface area (Å²) in [6.07, 6.45) is 0.833. The topological polar surface area (TPSA) is 103 Å². The fourth-order valence-electron chi connectivity index (χ4n) is 1.72. The summed E-state index contributed by atoms with van der Waals surface area (Å²) in [5.74, 6) is 0.385. The van der Waals surface area contributed by atoms with Gasteiger partial charge >= 0.3 is 0 Å². The molecule has 2 aromatic rings. The van der Waals surface area contributed by atoms with Crippen LogP contribution in [-0.2, 0) is 13.7 Å².